The van der Waals surface area contributed by atoms with Gasteiger partial charge in [0.1, 0.15) is 11.8 Å². The molecule has 1 aliphatic heterocycles. The van der Waals surface area contributed by atoms with Gasteiger partial charge in [-0.1, -0.05) is 29.0 Å². The lowest BCUT2D eigenvalue weighted by Gasteiger charge is -2.35. The molecule has 0 spiro atoms. The number of piperazine rings is 1. The summed E-state index contributed by atoms with van der Waals surface area (Å²) in [5.41, 5.74) is 1.68. The predicted octanol–water partition coefficient (Wildman–Crippen LogP) is 2.71. The second-order valence-corrected chi connectivity index (χ2v) is 7.29. The largest absolute Gasteiger partial charge is 0.350 e. The van der Waals surface area contributed by atoms with Crippen LogP contribution in [-0.4, -0.2) is 50.7 Å². The Morgan fingerprint density at radius 3 is 2.76 bits per heavy atom. The lowest BCUT2D eigenvalue weighted by molar-refractivity contribution is 0.646. The highest BCUT2D eigenvalue weighted by atomic mass is 35.5. The molecule has 3 aromatic heterocycles. The summed E-state index contributed by atoms with van der Waals surface area (Å²) in [6.07, 6.45) is 5.34. The summed E-state index contributed by atoms with van der Waals surface area (Å²) in [4.78, 5) is 13.8. The van der Waals surface area contributed by atoms with Gasteiger partial charge in [0.25, 0.3) is 0 Å². The molecule has 4 heterocycles. The fourth-order valence-corrected chi connectivity index (χ4v) is 4.43. The number of fused-ring (bicyclic) bond motifs is 2. The monoisotopic (exact) mass is 371 g/mol. The Labute approximate surface area is 152 Å². The van der Waals surface area contributed by atoms with Gasteiger partial charge in [0.15, 0.2) is 10.9 Å². The van der Waals surface area contributed by atoms with Gasteiger partial charge >= 0.3 is 0 Å². The van der Waals surface area contributed by atoms with E-state index in [0.29, 0.717) is 5.02 Å². The van der Waals surface area contributed by atoms with E-state index in [0.717, 1.165) is 53.0 Å². The number of hydrogen-bond acceptors (Lipinski definition) is 7. The van der Waals surface area contributed by atoms with Crippen LogP contribution >= 0.6 is 22.9 Å². The molecule has 7 nitrogen and oxygen atoms in total. The summed E-state index contributed by atoms with van der Waals surface area (Å²) in [5.74, 6) is 0.881. The highest BCUT2D eigenvalue weighted by molar-refractivity contribution is 7.22. The van der Waals surface area contributed by atoms with Crippen molar-refractivity contribution < 1.29 is 0 Å². The standard InChI is InChI=1S/C16H14ClN7S/c17-11-2-1-3-12-13(11)20-16(25-12)23-8-6-22(7-9-23)14-15-21-19-10-24(15)5-4-18-14/h1-5,10H,6-9H2. The number of rotatable bonds is 2. The highest BCUT2D eigenvalue weighted by Crippen LogP contribution is 2.33. The zero-order valence-corrected chi connectivity index (χ0v) is 14.8. The molecule has 9 heteroatoms. The SMILES string of the molecule is Clc1cccc2sc(N3CCN(c4nccn5cnnc45)CC3)nc12. The molecule has 0 amide bonds. The molecular formula is C16H14ClN7S. The minimum atomic E-state index is 0.710. The average molecular weight is 372 g/mol. The number of hydrogen-bond donors (Lipinski definition) is 0. The van der Waals surface area contributed by atoms with Crippen LogP contribution in [0, 0.1) is 0 Å². The Hall–Kier alpha value is -2.45. The van der Waals surface area contributed by atoms with Crippen molar-refractivity contribution in [3.05, 3.63) is 41.9 Å². The minimum Gasteiger partial charge on any atom is -0.350 e. The first kappa shape index (κ1) is 14.9. The van der Waals surface area contributed by atoms with Gasteiger partial charge in [-0.15, -0.1) is 10.2 Å². The van der Waals surface area contributed by atoms with Crippen molar-refractivity contribution in [2.45, 2.75) is 0 Å². The predicted molar refractivity (Wildman–Crippen MR) is 99.8 cm³/mol. The second kappa shape index (κ2) is 5.82. The van der Waals surface area contributed by atoms with E-state index >= 15 is 0 Å². The van der Waals surface area contributed by atoms with E-state index in [1.165, 1.54) is 0 Å². The number of para-hydroxylation sites is 1. The molecule has 0 saturated carbocycles. The van der Waals surface area contributed by atoms with E-state index in [2.05, 4.69) is 31.0 Å². The van der Waals surface area contributed by atoms with Crippen LogP contribution in [0.4, 0.5) is 10.9 Å². The number of benzene rings is 1. The van der Waals surface area contributed by atoms with Crippen LogP contribution in [0.5, 0.6) is 0 Å². The van der Waals surface area contributed by atoms with Crippen molar-refractivity contribution in [2.24, 2.45) is 0 Å². The van der Waals surface area contributed by atoms with Crippen molar-refractivity contribution in [1.29, 1.82) is 0 Å². The molecule has 0 aliphatic carbocycles. The number of anilines is 2. The Morgan fingerprint density at radius 2 is 1.92 bits per heavy atom. The Morgan fingerprint density at radius 1 is 1.08 bits per heavy atom. The van der Waals surface area contributed by atoms with Crippen LogP contribution in [0.15, 0.2) is 36.9 Å². The van der Waals surface area contributed by atoms with Crippen LogP contribution in [0.25, 0.3) is 15.9 Å². The maximum atomic E-state index is 6.25. The van der Waals surface area contributed by atoms with E-state index in [-0.39, 0.29) is 0 Å². The van der Waals surface area contributed by atoms with Crippen molar-refractivity contribution in [2.75, 3.05) is 36.0 Å². The first-order chi connectivity index (χ1) is 12.3. The molecule has 4 aromatic rings. The normalized spacial score (nSPS) is 15.4. The molecule has 1 aromatic carbocycles. The first-order valence-corrected chi connectivity index (χ1v) is 9.18. The van der Waals surface area contributed by atoms with Crippen LogP contribution in [0.1, 0.15) is 0 Å². The average Bonchev–Trinajstić information content (AvgIpc) is 3.29. The van der Waals surface area contributed by atoms with E-state index < -0.39 is 0 Å². The molecule has 126 valence electrons. The van der Waals surface area contributed by atoms with Gasteiger partial charge in [0.05, 0.1) is 9.72 Å². The summed E-state index contributed by atoms with van der Waals surface area (Å²) in [5, 5.41) is 9.88. The molecule has 0 bridgehead atoms. The summed E-state index contributed by atoms with van der Waals surface area (Å²) in [6.45, 7) is 3.50. The van der Waals surface area contributed by atoms with Crippen molar-refractivity contribution in [3.8, 4) is 0 Å². The van der Waals surface area contributed by atoms with Gasteiger partial charge < -0.3 is 9.80 Å². The smallest absolute Gasteiger partial charge is 0.203 e. The second-order valence-electron chi connectivity index (χ2n) is 5.87. The van der Waals surface area contributed by atoms with E-state index in [1.807, 2.05) is 22.7 Å². The molecule has 25 heavy (non-hydrogen) atoms. The number of thiazole rings is 1. The summed E-state index contributed by atoms with van der Waals surface area (Å²) in [7, 11) is 0. The molecule has 1 fully saturated rings. The lowest BCUT2D eigenvalue weighted by atomic mass is 10.3. The van der Waals surface area contributed by atoms with Gasteiger partial charge in [-0.3, -0.25) is 4.40 Å². The van der Waals surface area contributed by atoms with Crippen molar-refractivity contribution >= 4 is 49.8 Å². The lowest BCUT2D eigenvalue weighted by Crippen LogP contribution is -2.47. The molecular weight excluding hydrogens is 358 g/mol. The fourth-order valence-electron chi connectivity index (χ4n) is 3.12. The molecule has 5 rings (SSSR count). The topological polar surface area (TPSA) is 62.5 Å². The summed E-state index contributed by atoms with van der Waals surface area (Å²) < 4.78 is 3.02. The van der Waals surface area contributed by atoms with Gasteiger partial charge in [-0.05, 0) is 12.1 Å². The van der Waals surface area contributed by atoms with Crippen LogP contribution in [-0.2, 0) is 0 Å². The van der Waals surface area contributed by atoms with E-state index in [1.54, 1.807) is 23.9 Å². The molecule has 0 unspecified atom stereocenters. The molecule has 1 saturated heterocycles. The molecule has 0 N–H and O–H groups in total. The van der Waals surface area contributed by atoms with E-state index in [9.17, 15) is 0 Å². The van der Waals surface area contributed by atoms with Gasteiger partial charge in [0, 0.05) is 38.6 Å². The highest BCUT2D eigenvalue weighted by Gasteiger charge is 2.23. The van der Waals surface area contributed by atoms with Crippen LogP contribution < -0.4 is 9.80 Å². The zero-order chi connectivity index (χ0) is 16.8. The Balaban J connectivity index is 1.38. The zero-order valence-electron chi connectivity index (χ0n) is 13.2. The third-order valence-electron chi connectivity index (χ3n) is 4.41. The van der Waals surface area contributed by atoms with Gasteiger partial charge in [0.2, 0.25) is 5.65 Å². The maximum absolute atomic E-state index is 6.25. The van der Waals surface area contributed by atoms with E-state index in [4.69, 9.17) is 16.6 Å². The van der Waals surface area contributed by atoms with Crippen molar-refractivity contribution in [1.82, 2.24) is 24.6 Å². The molecule has 0 radical (unpaired) electrons. The van der Waals surface area contributed by atoms with Gasteiger partial charge in [-0.2, -0.15) is 0 Å². The summed E-state index contributed by atoms with van der Waals surface area (Å²) in [6, 6.07) is 5.92. The molecule has 1 aliphatic rings. The van der Waals surface area contributed by atoms with Crippen molar-refractivity contribution in [3.63, 3.8) is 0 Å². The number of halogens is 1. The quantitative estimate of drug-likeness (QED) is 0.540. The first-order valence-electron chi connectivity index (χ1n) is 7.99. The van der Waals surface area contributed by atoms with Crippen LogP contribution in [0.3, 0.4) is 0 Å². The molecule has 0 atom stereocenters. The third kappa shape index (κ3) is 2.49. The van der Waals surface area contributed by atoms with Crippen LogP contribution in [0.2, 0.25) is 5.02 Å². The van der Waals surface area contributed by atoms with Gasteiger partial charge in [-0.25, -0.2) is 9.97 Å². The Bertz CT molecular complexity index is 1050. The minimum absolute atomic E-state index is 0.710. The summed E-state index contributed by atoms with van der Waals surface area (Å²) >= 11 is 7.94. The Kier molecular flexibility index (Phi) is 3.46. The number of aromatic nitrogens is 5. The third-order valence-corrected chi connectivity index (χ3v) is 5.79. The fraction of sp³-hybridized carbons (Fsp3) is 0.250. The maximum Gasteiger partial charge on any atom is 0.203 e. The number of nitrogens with zero attached hydrogens (tertiary/aromatic N) is 7.